The van der Waals surface area contributed by atoms with Crippen molar-refractivity contribution >= 4 is 15.9 Å². The number of rotatable bonds is 4. The van der Waals surface area contributed by atoms with Crippen LogP contribution in [-0.2, 0) is 4.74 Å². The lowest BCUT2D eigenvalue weighted by atomic mass is 9.90. The monoisotopic (exact) mass is 315 g/mol. The van der Waals surface area contributed by atoms with Crippen LogP contribution in [0.15, 0.2) is 10.7 Å². The maximum atomic E-state index is 5.98. The Morgan fingerprint density at radius 2 is 2.28 bits per heavy atom. The summed E-state index contributed by atoms with van der Waals surface area (Å²) in [5, 5.41) is 7.87. The maximum Gasteiger partial charge on any atom is 0.0864 e. The van der Waals surface area contributed by atoms with E-state index in [-0.39, 0.29) is 11.6 Å². The second-order valence-electron chi connectivity index (χ2n) is 5.40. The largest absolute Gasteiger partial charge is 0.373 e. The van der Waals surface area contributed by atoms with Crippen molar-refractivity contribution in [1.82, 2.24) is 15.1 Å². The molecule has 1 fully saturated rings. The zero-order valence-corrected chi connectivity index (χ0v) is 13.1. The lowest BCUT2D eigenvalue weighted by Gasteiger charge is -2.34. The molecule has 0 aliphatic carbocycles. The molecule has 1 aliphatic rings. The number of nitrogens with zero attached hydrogens (tertiary/aromatic N) is 2. The van der Waals surface area contributed by atoms with Crippen molar-refractivity contribution < 1.29 is 4.74 Å². The average Bonchev–Trinajstić information content (AvgIpc) is 2.89. The summed E-state index contributed by atoms with van der Waals surface area (Å²) in [7, 11) is 1.99. The number of halogens is 1. The molecular formula is C13H22BrN3O. The van der Waals surface area contributed by atoms with Gasteiger partial charge in [0.05, 0.1) is 28.0 Å². The van der Waals surface area contributed by atoms with Crippen molar-refractivity contribution in [2.24, 2.45) is 0 Å². The van der Waals surface area contributed by atoms with Gasteiger partial charge in [0, 0.05) is 12.6 Å². The molecule has 18 heavy (non-hydrogen) atoms. The molecule has 1 aromatic heterocycles. The van der Waals surface area contributed by atoms with E-state index in [0.717, 1.165) is 23.9 Å². The zero-order chi connectivity index (χ0) is 13.3. The molecule has 0 saturated carbocycles. The molecule has 102 valence electrons. The highest BCUT2D eigenvalue weighted by Crippen LogP contribution is 2.40. The van der Waals surface area contributed by atoms with Crippen molar-refractivity contribution in [2.75, 3.05) is 13.7 Å². The van der Waals surface area contributed by atoms with Crippen LogP contribution < -0.4 is 5.32 Å². The Kier molecular flexibility index (Phi) is 4.14. The molecule has 4 nitrogen and oxygen atoms in total. The minimum absolute atomic E-state index is 0.149. The molecule has 1 saturated heterocycles. The molecule has 0 radical (unpaired) electrons. The van der Waals surface area contributed by atoms with Crippen molar-refractivity contribution in [3.63, 3.8) is 0 Å². The number of nitrogens with one attached hydrogen (secondary N) is 1. The van der Waals surface area contributed by atoms with Crippen LogP contribution in [0.5, 0.6) is 0 Å². The number of aromatic nitrogens is 2. The second kappa shape index (κ2) is 5.31. The Balaban J connectivity index is 2.41. The molecule has 1 aliphatic heterocycles. The number of hydrogen-bond acceptors (Lipinski definition) is 3. The Morgan fingerprint density at radius 1 is 1.56 bits per heavy atom. The highest BCUT2D eigenvalue weighted by Gasteiger charge is 2.41. The summed E-state index contributed by atoms with van der Waals surface area (Å²) in [6.45, 7) is 7.33. The van der Waals surface area contributed by atoms with Gasteiger partial charge in [-0.2, -0.15) is 5.10 Å². The molecule has 5 heteroatoms. The van der Waals surface area contributed by atoms with E-state index in [1.54, 1.807) is 0 Å². The minimum atomic E-state index is -0.149. The van der Waals surface area contributed by atoms with Gasteiger partial charge in [0.15, 0.2) is 0 Å². The van der Waals surface area contributed by atoms with E-state index in [1.165, 1.54) is 5.69 Å². The highest BCUT2D eigenvalue weighted by molar-refractivity contribution is 9.10. The molecule has 2 heterocycles. The van der Waals surface area contributed by atoms with Crippen molar-refractivity contribution in [2.45, 2.75) is 51.3 Å². The Bertz CT molecular complexity index is 410. The Labute approximate surface area is 117 Å². The third kappa shape index (κ3) is 2.36. The first-order chi connectivity index (χ1) is 8.49. The van der Waals surface area contributed by atoms with Crippen LogP contribution in [0.4, 0.5) is 0 Å². The van der Waals surface area contributed by atoms with E-state index in [2.05, 4.69) is 51.8 Å². The van der Waals surface area contributed by atoms with Crippen molar-refractivity contribution in [1.29, 1.82) is 0 Å². The first kappa shape index (κ1) is 14.0. The average molecular weight is 316 g/mol. The van der Waals surface area contributed by atoms with Gasteiger partial charge in [-0.15, -0.1) is 0 Å². The molecular weight excluding hydrogens is 294 g/mol. The number of likely N-dealkylation sites (N-methyl/N-ethyl adjacent to an activating group) is 1. The zero-order valence-electron chi connectivity index (χ0n) is 11.5. The van der Waals surface area contributed by atoms with Gasteiger partial charge in [-0.25, -0.2) is 0 Å². The standard InChI is InChI=1S/C13H22BrN3O/c1-9(2)17-11(10(14)8-16-17)12(15-4)13(3)6-5-7-18-13/h8-9,12,15H,5-7H2,1-4H3. The summed E-state index contributed by atoms with van der Waals surface area (Å²) >= 11 is 3.62. The van der Waals surface area contributed by atoms with E-state index in [0.29, 0.717) is 6.04 Å². The summed E-state index contributed by atoms with van der Waals surface area (Å²) in [6.07, 6.45) is 4.08. The molecule has 2 rings (SSSR count). The van der Waals surface area contributed by atoms with Gasteiger partial charge in [-0.05, 0) is 56.6 Å². The fourth-order valence-electron chi connectivity index (χ4n) is 2.79. The third-order valence-electron chi connectivity index (χ3n) is 3.70. The molecule has 1 aromatic rings. The molecule has 0 bridgehead atoms. The topological polar surface area (TPSA) is 39.1 Å². The Morgan fingerprint density at radius 3 is 2.78 bits per heavy atom. The summed E-state index contributed by atoms with van der Waals surface area (Å²) in [5.41, 5.74) is 1.03. The molecule has 0 amide bonds. The molecule has 1 N–H and O–H groups in total. The van der Waals surface area contributed by atoms with Crippen LogP contribution >= 0.6 is 15.9 Å². The summed E-state index contributed by atoms with van der Waals surface area (Å²) in [6, 6.07) is 0.492. The van der Waals surface area contributed by atoms with Crippen LogP contribution in [-0.4, -0.2) is 29.0 Å². The first-order valence-corrected chi connectivity index (χ1v) is 7.33. The second-order valence-corrected chi connectivity index (χ2v) is 6.26. The van der Waals surface area contributed by atoms with E-state index < -0.39 is 0 Å². The van der Waals surface area contributed by atoms with Gasteiger partial charge in [0.2, 0.25) is 0 Å². The minimum Gasteiger partial charge on any atom is -0.373 e. The smallest absolute Gasteiger partial charge is 0.0864 e. The summed E-state index contributed by atoms with van der Waals surface area (Å²) in [4.78, 5) is 0. The van der Waals surface area contributed by atoms with Crippen LogP contribution in [0.2, 0.25) is 0 Å². The van der Waals surface area contributed by atoms with Crippen LogP contribution in [0, 0.1) is 0 Å². The number of ether oxygens (including phenoxy) is 1. The van der Waals surface area contributed by atoms with Gasteiger partial charge < -0.3 is 10.1 Å². The Hall–Kier alpha value is -0.390. The maximum absolute atomic E-state index is 5.98. The fraction of sp³-hybridized carbons (Fsp3) is 0.769. The lowest BCUT2D eigenvalue weighted by molar-refractivity contribution is -0.0132. The summed E-state index contributed by atoms with van der Waals surface area (Å²) < 4.78 is 9.10. The molecule has 0 aromatic carbocycles. The van der Waals surface area contributed by atoms with Crippen molar-refractivity contribution in [3.05, 3.63) is 16.4 Å². The normalized spacial score (nSPS) is 25.9. The molecule has 2 unspecified atom stereocenters. The summed E-state index contributed by atoms with van der Waals surface area (Å²) in [5.74, 6) is 0. The van der Waals surface area contributed by atoms with Crippen LogP contribution in [0.3, 0.4) is 0 Å². The third-order valence-corrected chi connectivity index (χ3v) is 4.31. The van der Waals surface area contributed by atoms with Crippen LogP contribution in [0.25, 0.3) is 0 Å². The predicted octanol–water partition coefficient (Wildman–Crippen LogP) is 3.06. The molecule has 2 atom stereocenters. The highest BCUT2D eigenvalue weighted by atomic mass is 79.9. The van der Waals surface area contributed by atoms with Gasteiger partial charge >= 0.3 is 0 Å². The number of hydrogen-bond donors (Lipinski definition) is 1. The van der Waals surface area contributed by atoms with Gasteiger partial charge in [-0.3, -0.25) is 4.68 Å². The van der Waals surface area contributed by atoms with Gasteiger partial charge in [0.25, 0.3) is 0 Å². The van der Waals surface area contributed by atoms with Gasteiger partial charge in [-0.1, -0.05) is 0 Å². The molecule has 0 spiro atoms. The van der Waals surface area contributed by atoms with Gasteiger partial charge in [0.1, 0.15) is 0 Å². The lowest BCUT2D eigenvalue weighted by Crippen LogP contribution is -2.41. The van der Waals surface area contributed by atoms with E-state index in [1.807, 2.05) is 13.2 Å². The fourth-order valence-corrected chi connectivity index (χ4v) is 3.29. The predicted molar refractivity (Wildman–Crippen MR) is 75.7 cm³/mol. The van der Waals surface area contributed by atoms with E-state index in [9.17, 15) is 0 Å². The van der Waals surface area contributed by atoms with E-state index >= 15 is 0 Å². The SMILES string of the molecule is CNC(c1c(Br)cnn1C(C)C)C1(C)CCCO1. The quantitative estimate of drug-likeness (QED) is 0.928. The van der Waals surface area contributed by atoms with Crippen LogP contribution in [0.1, 0.15) is 51.4 Å². The van der Waals surface area contributed by atoms with Crippen molar-refractivity contribution in [3.8, 4) is 0 Å². The first-order valence-electron chi connectivity index (χ1n) is 6.53. The van der Waals surface area contributed by atoms with E-state index in [4.69, 9.17) is 4.74 Å².